The Balaban J connectivity index is 1.30. The lowest BCUT2D eigenvalue weighted by molar-refractivity contribution is -0.416. The summed E-state index contributed by atoms with van der Waals surface area (Å²) in [5.41, 5.74) is 0.617. The average Bonchev–Trinajstić information content (AvgIpc) is 3.30. The molecule has 64 heavy (non-hydrogen) atoms. The smallest absolute Gasteiger partial charge is 0.261 e. The van der Waals surface area contributed by atoms with Crippen LogP contribution in [0.4, 0.5) is 0 Å². The topological polar surface area (TPSA) is 122 Å². The summed E-state index contributed by atoms with van der Waals surface area (Å²) >= 11 is 0. The van der Waals surface area contributed by atoms with E-state index in [2.05, 4.69) is 75.9 Å². The second-order valence-electron chi connectivity index (χ2n) is 18.3. The van der Waals surface area contributed by atoms with Crippen LogP contribution < -0.4 is 19.8 Å². The minimum atomic E-state index is -3.09. The summed E-state index contributed by atoms with van der Waals surface area (Å²) in [5, 5.41) is 14.1. The van der Waals surface area contributed by atoms with Gasteiger partial charge in [-0.15, -0.1) is 6.58 Å². The van der Waals surface area contributed by atoms with Crippen LogP contribution in [0.3, 0.4) is 0 Å². The number of hydrogen-bond acceptors (Lipinski definition) is 12. The Bertz CT molecular complexity index is 2040. The molecule has 0 bridgehead atoms. The predicted octanol–water partition coefficient (Wildman–Crippen LogP) is 6.73. The van der Waals surface area contributed by atoms with E-state index in [1.807, 2.05) is 81.4 Å². The first-order valence-corrected chi connectivity index (χ1v) is 24.0. The molecule has 4 aromatic rings. The maximum absolute atomic E-state index is 12.2. The van der Waals surface area contributed by atoms with Crippen molar-refractivity contribution >= 4 is 18.7 Å². The first-order chi connectivity index (χ1) is 30.7. The molecule has 7 rings (SSSR count). The molecule has 4 unspecified atom stereocenters. The van der Waals surface area contributed by atoms with E-state index in [-0.39, 0.29) is 31.5 Å². The van der Waals surface area contributed by atoms with Crippen molar-refractivity contribution in [3.05, 3.63) is 133 Å². The van der Waals surface area contributed by atoms with Crippen molar-refractivity contribution in [3.63, 3.8) is 0 Å². The third-order valence-electron chi connectivity index (χ3n) is 12.6. The molecule has 1 N–H and O–H groups in total. The highest BCUT2D eigenvalue weighted by Gasteiger charge is 2.61. The van der Waals surface area contributed by atoms with Crippen LogP contribution in [0.1, 0.15) is 52.7 Å². The molecule has 346 valence electrons. The number of ether oxygens (including phenoxy) is 10. The Morgan fingerprint density at radius 3 is 1.75 bits per heavy atom. The maximum atomic E-state index is 12.2. The van der Waals surface area contributed by atoms with Gasteiger partial charge in [0.2, 0.25) is 0 Å². The standard InChI is InChI=1S/C51H66O12Si/c1-11-51-33-58-50(6,7)62-47(51)45(55-10)42(52)48(63-51)61-44-41(32-59-64(49(3,4)5,39-18-14-12-15-19-39)40-20-16-13-17-21-40)60-34(2)43(56-30-35-22-26-37(53-8)27-23-35)46(44)57-31-36-24-28-38(54-9)29-25-36/h11-29,34,41-48,52H,1,30-33H2,2-10H3/t34-,41?,42?,43?,44-,45+,46+,47+,48+,51?/m0/s1. The molecule has 13 heteroatoms. The van der Waals surface area contributed by atoms with E-state index in [0.717, 1.165) is 33.0 Å². The first kappa shape index (κ1) is 48.0. The summed E-state index contributed by atoms with van der Waals surface area (Å²) < 4.78 is 71.7. The zero-order valence-corrected chi connectivity index (χ0v) is 39.6. The van der Waals surface area contributed by atoms with Gasteiger partial charge in [-0.3, -0.25) is 0 Å². The van der Waals surface area contributed by atoms with E-state index < -0.39 is 74.8 Å². The van der Waals surface area contributed by atoms with Crippen LogP contribution >= 0.6 is 0 Å². The fourth-order valence-electron chi connectivity index (χ4n) is 9.24. The normalized spacial score (nSPS) is 29.4. The molecule has 0 aromatic heterocycles. The summed E-state index contributed by atoms with van der Waals surface area (Å²) in [7, 11) is 1.72. The predicted molar refractivity (Wildman–Crippen MR) is 245 cm³/mol. The minimum Gasteiger partial charge on any atom is -0.497 e. The molecule has 0 radical (unpaired) electrons. The Kier molecular flexibility index (Phi) is 15.2. The van der Waals surface area contributed by atoms with Gasteiger partial charge in [0, 0.05) is 7.11 Å². The molecule has 3 fully saturated rings. The molecule has 0 spiro atoms. The first-order valence-electron chi connectivity index (χ1n) is 22.1. The lowest BCUT2D eigenvalue weighted by Crippen LogP contribution is -2.72. The second-order valence-corrected chi connectivity index (χ2v) is 22.6. The minimum absolute atomic E-state index is 0.0875. The highest BCUT2D eigenvalue weighted by Crippen LogP contribution is 2.44. The lowest BCUT2D eigenvalue weighted by Gasteiger charge is -2.56. The van der Waals surface area contributed by atoms with Gasteiger partial charge in [0.1, 0.15) is 59.8 Å². The third-order valence-corrected chi connectivity index (χ3v) is 17.7. The van der Waals surface area contributed by atoms with Crippen LogP contribution in [-0.4, -0.2) is 114 Å². The van der Waals surface area contributed by atoms with E-state index in [0.29, 0.717) is 0 Å². The summed E-state index contributed by atoms with van der Waals surface area (Å²) in [6, 6.07) is 36.4. The molecule has 3 aliphatic heterocycles. The monoisotopic (exact) mass is 898 g/mol. The molecule has 10 atom stereocenters. The zero-order chi connectivity index (χ0) is 45.7. The molecule has 3 saturated heterocycles. The van der Waals surface area contributed by atoms with Crippen LogP contribution in [0.15, 0.2) is 122 Å². The number of hydrogen-bond donors (Lipinski definition) is 1. The van der Waals surface area contributed by atoms with Gasteiger partial charge in [0.25, 0.3) is 8.32 Å². The van der Waals surface area contributed by atoms with Crippen LogP contribution in [0, 0.1) is 0 Å². The van der Waals surface area contributed by atoms with Gasteiger partial charge in [-0.25, -0.2) is 0 Å². The van der Waals surface area contributed by atoms with Crippen molar-refractivity contribution in [1.82, 2.24) is 0 Å². The number of benzene rings is 4. The van der Waals surface area contributed by atoms with Gasteiger partial charge in [0.15, 0.2) is 12.1 Å². The third kappa shape index (κ3) is 10.1. The summed E-state index contributed by atoms with van der Waals surface area (Å²) in [6.07, 6.45) is -6.18. The van der Waals surface area contributed by atoms with Crippen LogP contribution in [0.5, 0.6) is 11.5 Å². The van der Waals surface area contributed by atoms with Crippen molar-refractivity contribution in [3.8, 4) is 11.5 Å². The number of rotatable bonds is 17. The van der Waals surface area contributed by atoms with Crippen molar-refractivity contribution in [2.75, 3.05) is 34.5 Å². The molecule has 3 heterocycles. The summed E-state index contributed by atoms with van der Waals surface area (Å²) in [4.78, 5) is 0. The highest BCUT2D eigenvalue weighted by molar-refractivity contribution is 6.99. The lowest BCUT2D eigenvalue weighted by atomic mass is 9.85. The van der Waals surface area contributed by atoms with Crippen molar-refractivity contribution in [1.29, 1.82) is 0 Å². The Hall–Kier alpha value is -3.96. The van der Waals surface area contributed by atoms with Gasteiger partial charge in [0.05, 0.1) is 46.8 Å². The van der Waals surface area contributed by atoms with Gasteiger partial charge in [-0.2, -0.15) is 0 Å². The Labute approximate surface area is 379 Å². The molecule has 4 aromatic carbocycles. The molecule has 0 saturated carbocycles. The Morgan fingerprint density at radius 2 is 1.27 bits per heavy atom. The quantitative estimate of drug-likeness (QED) is 0.0894. The molecular weight excluding hydrogens is 833 g/mol. The van der Waals surface area contributed by atoms with Gasteiger partial charge < -0.3 is 56.9 Å². The van der Waals surface area contributed by atoms with Crippen molar-refractivity contribution in [2.45, 2.75) is 126 Å². The fraction of sp³-hybridized carbons (Fsp3) is 0.490. The van der Waals surface area contributed by atoms with E-state index in [9.17, 15) is 5.11 Å². The molecule has 12 nitrogen and oxygen atoms in total. The number of methoxy groups -OCH3 is 3. The maximum Gasteiger partial charge on any atom is 0.261 e. The second kappa shape index (κ2) is 20.3. The number of fused-ring (bicyclic) bond motifs is 1. The largest absolute Gasteiger partial charge is 0.497 e. The highest BCUT2D eigenvalue weighted by atomic mass is 28.4. The van der Waals surface area contributed by atoms with Gasteiger partial charge in [-0.05, 0) is 71.6 Å². The van der Waals surface area contributed by atoms with Crippen molar-refractivity contribution < 1.29 is 56.9 Å². The summed E-state index contributed by atoms with van der Waals surface area (Å²) in [6.45, 7) is 17.1. The molecule has 0 aliphatic carbocycles. The Morgan fingerprint density at radius 1 is 0.734 bits per heavy atom. The van der Waals surface area contributed by atoms with E-state index in [1.165, 1.54) is 7.11 Å². The number of aliphatic hydroxyl groups is 1. The van der Waals surface area contributed by atoms with Crippen LogP contribution in [0.2, 0.25) is 5.04 Å². The fourth-order valence-corrected chi connectivity index (χ4v) is 13.8. The summed E-state index contributed by atoms with van der Waals surface area (Å²) in [5.74, 6) is 0.514. The zero-order valence-electron chi connectivity index (χ0n) is 38.6. The van der Waals surface area contributed by atoms with Gasteiger partial charge >= 0.3 is 0 Å². The molecule has 0 amide bonds. The van der Waals surface area contributed by atoms with E-state index >= 15 is 0 Å². The van der Waals surface area contributed by atoms with Crippen molar-refractivity contribution in [2.24, 2.45) is 0 Å². The number of aliphatic hydroxyl groups excluding tert-OH is 1. The average molecular weight is 899 g/mol. The molecule has 3 aliphatic rings. The van der Waals surface area contributed by atoms with E-state index in [1.54, 1.807) is 20.3 Å². The van der Waals surface area contributed by atoms with Crippen LogP contribution in [-0.2, 0) is 55.5 Å². The molecular formula is C51H66O12Si. The van der Waals surface area contributed by atoms with Crippen LogP contribution in [0.25, 0.3) is 0 Å². The van der Waals surface area contributed by atoms with Gasteiger partial charge in [-0.1, -0.05) is 112 Å². The SMILES string of the molecule is C=CC12COC(C)(C)O[C@@H]1[C@H](OC)C(O)[C@H](O[C@H]1C(CO[Si](c3ccccc3)(c3ccccc3)C(C)(C)C)O[C@@H](C)C(OCc3ccc(OC)cc3)[C@H]1OCc1ccc(OC)cc1)O2. The van der Waals surface area contributed by atoms with E-state index in [4.69, 9.17) is 51.8 Å².